The van der Waals surface area contributed by atoms with Crippen molar-refractivity contribution in [3.05, 3.63) is 159 Å². The Hall–Kier alpha value is -2.88. The van der Waals surface area contributed by atoms with Crippen molar-refractivity contribution in [2.45, 2.75) is 5.66 Å². The summed E-state index contributed by atoms with van der Waals surface area (Å²) in [5, 5.41) is 3.72. The maximum atomic E-state index is 14.8. The van der Waals surface area contributed by atoms with Gasteiger partial charge in [0.05, 0.1) is 0 Å². The van der Waals surface area contributed by atoms with Gasteiger partial charge in [-0.3, -0.25) is 0 Å². The molecule has 196 valence electrons. The highest BCUT2D eigenvalue weighted by molar-refractivity contribution is 7.96. The van der Waals surface area contributed by atoms with Gasteiger partial charge in [-0.25, -0.2) is 17.6 Å². The third-order valence-electron chi connectivity index (χ3n) is 6.49. The Morgan fingerprint density at radius 3 is 0.923 bits per heavy atom. The first-order chi connectivity index (χ1) is 18.7. The zero-order valence-electron chi connectivity index (χ0n) is 20.1. The average molecular weight is 605 g/mol. The lowest BCUT2D eigenvalue weighted by Gasteiger charge is -2.35. The Morgan fingerprint density at radius 2 is 0.667 bits per heavy atom. The molecule has 0 bridgehead atoms. The number of rotatable bonds is 6. The highest BCUT2D eigenvalue weighted by Gasteiger charge is 2.54. The van der Waals surface area contributed by atoms with Crippen LogP contribution in [-0.2, 0) is 0 Å². The molecule has 0 atom stereocenters. The van der Waals surface area contributed by atoms with Gasteiger partial charge in [0.1, 0.15) is 52.1 Å². The number of hydrogen-bond acceptors (Lipinski definition) is 0. The van der Waals surface area contributed by atoms with E-state index in [0.29, 0.717) is 15.1 Å². The number of halogens is 7. The normalized spacial score (nSPS) is 11.7. The molecule has 0 aliphatic carbocycles. The Kier molecular flexibility index (Phi) is 8.03. The molecule has 0 saturated carbocycles. The van der Waals surface area contributed by atoms with Crippen molar-refractivity contribution in [3.63, 3.8) is 0 Å². The Balaban J connectivity index is 2.00. The van der Waals surface area contributed by atoms with Gasteiger partial charge in [-0.05, 0) is 97.1 Å². The molecule has 0 unspecified atom stereocenters. The van der Waals surface area contributed by atoms with E-state index in [0.717, 1.165) is 28.0 Å². The second-order valence-electron chi connectivity index (χ2n) is 8.96. The van der Waals surface area contributed by atoms with E-state index in [1.165, 1.54) is 24.3 Å². The van der Waals surface area contributed by atoms with Gasteiger partial charge in [0.15, 0.2) is 0 Å². The maximum absolute atomic E-state index is 14.8. The van der Waals surface area contributed by atoms with E-state index >= 15 is 0 Å². The summed E-state index contributed by atoms with van der Waals surface area (Å²) in [5.74, 6) is -3.25. The van der Waals surface area contributed by atoms with E-state index < -0.39 is 36.2 Å². The molecular formula is C31H19Cl3F4P+. The fourth-order valence-corrected chi connectivity index (χ4v) is 10.2. The minimum atomic E-state index is -3.09. The zero-order chi connectivity index (χ0) is 27.7. The van der Waals surface area contributed by atoms with Crippen LogP contribution in [0.3, 0.4) is 0 Å². The summed E-state index contributed by atoms with van der Waals surface area (Å²) < 4.78 is 59.2. The van der Waals surface area contributed by atoms with E-state index in [-0.39, 0.29) is 11.1 Å². The monoisotopic (exact) mass is 603 g/mol. The lowest BCUT2D eigenvalue weighted by molar-refractivity contribution is 0.577. The highest BCUT2D eigenvalue weighted by Crippen LogP contribution is 2.69. The van der Waals surface area contributed by atoms with Crippen molar-refractivity contribution in [1.29, 1.82) is 0 Å². The predicted molar refractivity (Wildman–Crippen MR) is 155 cm³/mol. The fraction of sp³-hybridized carbons (Fsp3) is 0.0323. The van der Waals surface area contributed by atoms with Crippen LogP contribution in [0.15, 0.2) is 109 Å². The lowest BCUT2D eigenvalue weighted by Crippen LogP contribution is -2.36. The van der Waals surface area contributed by atoms with Gasteiger partial charge in [-0.2, -0.15) is 0 Å². The van der Waals surface area contributed by atoms with Gasteiger partial charge < -0.3 is 0 Å². The van der Waals surface area contributed by atoms with E-state index in [1.807, 2.05) is 36.4 Å². The molecule has 0 N–H and O–H groups in total. The molecule has 0 nitrogen and oxygen atoms in total. The van der Waals surface area contributed by atoms with Crippen molar-refractivity contribution < 1.29 is 17.6 Å². The Morgan fingerprint density at radius 1 is 0.410 bits per heavy atom. The van der Waals surface area contributed by atoms with E-state index in [1.54, 1.807) is 36.4 Å². The minimum absolute atomic E-state index is 0.214. The molecule has 5 rings (SSSR count). The second kappa shape index (κ2) is 11.3. The summed E-state index contributed by atoms with van der Waals surface area (Å²) in [6.45, 7) is 0. The molecule has 0 saturated heterocycles. The average Bonchev–Trinajstić information content (AvgIpc) is 2.88. The summed E-state index contributed by atoms with van der Waals surface area (Å²) in [5.41, 5.74) is -0.493. The predicted octanol–water partition coefficient (Wildman–Crippen LogP) is 9.29. The number of hydrogen-bond donors (Lipinski definition) is 0. The molecule has 0 amide bonds. The number of benzene rings is 5. The Labute approximate surface area is 239 Å². The van der Waals surface area contributed by atoms with Crippen molar-refractivity contribution >= 4 is 58.0 Å². The smallest absolute Gasteiger partial charge is 0.134 e. The topological polar surface area (TPSA) is 0 Å². The van der Waals surface area contributed by atoms with Crippen LogP contribution in [0.1, 0.15) is 16.8 Å². The van der Waals surface area contributed by atoms with Crippen LogP contribution in [0.2, 0.25) is 15.1 Å². The Bertz CT molecular complexity index is 1420. The van der Waals surface area contributed by atoms with E-state index in [2.05, 4.69) is 0 Å². The molecule has 5 aromatic rings. The van der Waals surface area contributed by atoms with Crippen LogP contribution in [0.5, 0.6) is 0 Å². The van der Waals surface area contributed by atoms with Crippen LogP contribution in [0.4, 0.5) is 17.6 Å². The van der Waals surface area contributed by atoms with E-state index in [9.17, 15) is 17.6 Å². The zero-order valence-corrected chi connectivity index (χ0v) is 23.2. The molecular weight excluding hydrogens is 586 g/mol. The first kappa shape index (κ1) is 27.7. The van der Waals surface area contributed by atoms with Gasteiger partial charge in [-0.1, -0.05) is 34.8 Å². The van der Waals surface area contributed by atoms with Crippen LogP contribution in [0, 0.1) is 23.3 Å². The molecule has 0 spiro atoms. The molecule has 5 aromatic carbocycles. The first-order valence-corrected chi connectivity index (χ1v) is 14.7. The molecule has 0 aliphatic heterocycles. The van der Waals surface area contributed by atoms with Gasteiger partial charge in [0.2, 0.25) is 0 Å². The molecule has 0 aliphatic rings. The summed E-state index contributed by atoms with van der Waals surface area (Å²) in [6.07, 6.45) is 0. The summed E-state index contributed by atoms with van der Waals surface area (Å²) in [6, 6.07) is 27.6. The quantitative estimate of drug-likeness (QED) is 0.134. The van der Waals surface area contributed by atoms with Crippen molar-refractivity contribution in [2.24, 2.45) is 0 Å². The van der Waals surface area contributed by atoms with Gasteiger partial charge in [0.25, 0.3) is 0 Å². The lowest BCUT2D eigenvalue weighted by atomic mass is 10.0. The van der Waals surface area contributed by atoms with Crippen LogP contribution in [-0.4, -0.2) is 0 Å². The first-order valence-electron chi connectivity index (χ1n) is 11.8. The van der Waals surface area contributed by atoms with Crippen LogP contribution >= 0.6 is 42.1 Å². The summed E-state index contributed by atoms with van der Waals surface area (Å²) in [4.78, 5) is 0. The van der Waals surface area contributed by atoms with Gasteiger partial charge in [0, 0.05) is 38.3 Å². The van der Waals surface area contributed by atoms with Crippen LogP contribution < -0.4 is 15.9 Å². The van der Waals surface area contributed by atoms with Gasteiger partial charge >= 0.3 is 0 Å². The van der Waals surface area contributed by atoms with Crippen molar-refractivity contribution in [1.82, 2.24) is 0 Å². The van der Waals surface area contributed by atoms with E-state index in [4.69, 9.17) is 34.8 Å². The van der Waals surface area contributed by atoms with Crippen molar-refractivity contribution in [3.8, 4) is 0 Å². The second-order valence-corrected chi connectivity index (χ2v) is 13.8. The van der Waals surface area contributed by atoms with Gasteiger partial charge in [-0.15, -0.1) is 0 Å². The highest BCUT2D eigenvalue weighted by atomic mass is 35.5. The maximum Gasteiger partial charge on any atom is 0.134 e. The summed E-state index contributed by atoms with van der Waals surface area (Å²) in [7, 11) is -3.09. The fourth-order valence-electron chi connectivity index (χ4n) is 5.03. The molecule has 39 heavy (non-hydrogen) atoms. The third-order valence-corrected chi connectivity index (χ3v) is 12.0. The largest absolute Gasteiger partial charge is 0.207 e. The standard InChI is InChI=1S/C31H19Cl3F4P/c32-21-1-7-28(8-2-21)39(29-9-3-22(33)4-10-29,30-11-5-23(34)6-12-30)31(19-13-24(35)17-25(36)14-19)20-15-26(37)18-27(38)16-20/h1-18,31H/q+1. The molecule has 0 fully saturated rings. The molecule has 8 heteroatoms. The van der Waals surface area contributed by atoms with Crippen LogP contribution in [0.25, 0.3) is 0 Å². The summed E-state index contributed by atoms with van der Waals surface area (Å²) >= 11 is 18.8. The van der Waals surface area contributed by atoms with Crippen molar-refractivity contribution in [2.75, 3.05) is 0 Å². The molecule has 0 heterocycles. The molecule has 0 aromatic heterocycles. The molecule has 0 radical (unpaired) electrons. The SMILES string of the molecule is Fc1cc(F)cc(C(c2cc(F)cc(F)c2)[P+](c2ccc(Cl)cc2)(c2ccc(Cl)cc2)c2ccc(Cl)cc2)c1. The third kappa shape index (κ3) is 5.58. The minimum Gasteiger partial charge on any atom is -0.207 e.